The number of methoxy groups -OCH3 is 1. The van der Waals surface area contributed by atoms with E-state index in [4.69, 9.17) is 5.11 Å². The van der Waals surface area contributed by atoms with Crippen LogP contribution in [0.4, 0.5) is 8.78 Å². The molecule has 0 rings (SSSR count). The molecule has 0 aliphatic rings. The van der Waals surface area contributed by atoms with Crippen LogP contribution in [-0.4, -0.2) is 29.3 Å². The Hall–Kier alpha value is 0.260. The van der Waals surface area contributed by atoms with Gasteiger partial charge in [0.15, 0.2) is 0 Å². The Bertz CT molecular complexity index is 122. The molecule has 1 N–H and O–H groups in total. The minimum absolute atomic E-state index is 0.105. The highest BCUT2D eigenvalue weighted by Crippen LogP contribution is 2.36. The van der Waals surface area contributed by atoms with Gasteiger partial charge < -0.3 is 9.84 Å². The van der Waals surface area contributed by atoms with Crippen LogP contribution in [0.1, 0.15) is 13.3 Å². The lowest BCUT2D eigenvalue weighted by Gasteiger charge is -2.27. The van der Waals surface area contributed by atoms with Gasteiger partial charge in [-0.1, -0.05) is 0 Å². The predicted octanol–water partition coefficient (Wildman–Crippen LogP) is 1.76. The van der Waals surface area contributed by atoms with E-state index in [1.54, 1.807) is 0 Å². The van der Waals surface area contributed by atoms with Crippen molar-refractivity contribution in [3.8, 4) is 0 Å². The lowest BCUT2D eigenvalue weighted by molar-refractivity contribution is -0.115. The van der Waals surface area contributed by atoms with E-state index in [9.17, 15) is 8.78 Å². The third kappa shape index (κ3) is 3.44. The topological polar surface area (TPSA) is 29.5 Å². The molecule has 0 aliphatic heterocycles. The Morgan fingerprint density at radius 1 is 1.55 bits per heavy atom. The van der Waals surface area contributed by atoms with Gasteiger partial charge in [-0.2, -0.15) is 8.78 Å². The largest absolute Gasteiger partial charge is 0.385 e. The number of ether oxygens (including phenoxy) is 1. The van der Waals surface area contributed by atoms with E-state index in [2.05, 4.69) is 20.7 Å². The maximum absolute atomic E-state index is 12.4. The van der Waals surface area contributed by atoms with Crippen molar-refractivity contribution in [1.82, 2.24) is 0 Å². The highest BCUT2D eigenvalue weighted by Gasteiger charge is 2.46. The van der Waals surface area contributed by atoms with Crippen LogP contribution in [0.2, 0.25) is 0 Å². The monoisotopic (exact) mass is 232 g/mol. The summed E-state index contributed by atoms with van der Waals surface area (Å²) in [6.45, 7) is 1.16. The summed E-state index contributed by atoms with van der Waals surface area (Å²) in [5, 5.41) is 9.11. The number of rotatable bonds is 4. The van der Waals surface area contributed by atoms with Gasteiger partial charge in [-0.25, -0.2) is 0 Å². The van der Waals surface area contributed by atoms with Crippen LogP contribution in [0.25, 0.3) is 0 Å². The quantitative estimate of drug-likeness (QED) is 0.749. The van der Waals surface area contributed by atoms with E-state index in [1.165, 1.54) is 7.11 Å². The third-order valence-corrected chi connectivity index (χ3v) is 2.26. The number of halogens is 3. The van der Waals surface area contributed by atoms with Crippen LogP contribution < -0.4 is 0 Å². The van der Waals surface area contributed by atoms with E-state index in [1.807, 2.05) is 0 Å². The zero-order chi connectivity index (χ0) is 9.12. The average molecular weight is 233 g/mol. The molecule has 11 heavy (non-hydrogen) atoms. The molecule has 0 aromatic heterocycles. The van der Waals surface area contributed by atoms with Crippen molar-refractivity contribution >= 4 is 15.9 Å². The Kier molecular flexibility index (Phi) is 3.87. The minimum Gasteiger partial charge on any atom is -0.385 e. The summed E-state index contributed by atoms with van der Waals surface area (Å²) in [7, 11) is 1.39. The number of aliphatic hydroxyl groups is 1. The molecule has 0 aromatic carbocycles. The van der Waals surface area contributed by atoms with Gasteiger partial charge in [0.25, 0.3) is 0 Å². The molecule has 2 nitrogen and oxygen atoms in total. The Labute approximate surface area is 72.7 Å². The second-order valence-electron chi connectivity index (χ2n) is 2.51. The van der Waals surface area contributed by atoms with E-state index in [0.29, 0.717) is 0 Å². The smallest absolute Gasteiger partial charge is 0.329 e. The molecule has 0 aliphatic carbocycles. The molecule has 0 saturated carbocycles. The summed E-state index contributed by atoms with van der Waals surface area (Å²) in [5.74, 6) is 0. The van der Waals surface area contributed by atoms with Crippen LogP contribution in [0.15, 0.2) is 0 Å². The van der Waals surface area contributed by atoms with Crippen LogP contribution in [-0.2, 0) is 4.74 Å². The molecule has 1 atom stereocenters. The van der Waals surface area contributed by atoms with E-state index < -0.39 is 10.4 Å². The average Bonchev–Trinajstić information content (AvgIpc) is 1.81. The van der Waals surface area contributed by atoms with Gasteiger partial charge in [0.1, 0.15) is 5.60 Å². The van der Waals surface area contributed by atoms with Gasteiger partial charge in [0.2, 0.25) is 0 Å². The Balaban J connectivity index is 4.00. The summed E-state index contributed by atoms with van der Waals surface area (Å²) >= 11 is 2.09. The molecule has 0 saturated heterocycles. The van der Waals surface area contributed by atoms with Gasteiger partial charge in [-0.05, 0) is 22.9 Å². The molecule has 0 amide bonds. The minimum atomic E-state index is -3.27. The summed E-state index contributed by atoms with van der Waals surface area (Å²) in [6.07, 6.45) is -0.109. The molecule has 0 heterocycles. The molecule has 0 bridgehead atoms. The second-order valence-corrected chi connectivity index (χ2v) is 3.51. The van der Waals surface area contributed by atoms with Gasteiger partial charge in [0, 0.05) is 20.1 Å². The number of alkyl halides is 3. The molecule has 1 unspecified atom stereocenters. The normalized spacial score (nSPS) is 18.0. The van der Waals surface area contributed by atoms with E-state index in [0.717, 1.165) is 6.92 Å². The second kappa shape index (κ2) is 3.78. The maximum atomic E-state index is 12.4. The number of hydrogen-bond acceptors (Lipinski definition) is 2. The lowest BCUT2D eigenvalue weighted by Crippen LogP contribution is -2.41. The fourth-order valence-corrected chi connectivity index (χ4v) is 0.641. The molecule has 0 radical (unpaired) electrons. The summed E-state index contributed by atoms with van der Waals surface area (Å²) in [5.41, 5.74) is -2.05. The summed E-state index contributed by atoms with van der Waals surface area (Å²) in [6, 6.07) is 0. The van der Waals surface area contributed by atoms with Crippen molar-refractivity contribution in [2.24, 2.45) is 0 Å². The van der Waals surface area contributed by atoms with Crippen LogP contribution >= 0.6 is 15.9 Å². The first-order chi connectivity index (χ1) is 4.81. The molecule has 68 valence electrons. The van der Waals surface area contributed by atoms with Crippen molar-refractivity contribution in [3.05, 3.63) is 0 Å². The SMILES string of the molecule is COCCC(C)(O)C(F)(F)Br. The standard InChI is InChI=1S/C6H11BrF2O2/c1-5(10,3-4-11-2)6(7,8)9/h10H,3-4H2,1-2H3. The summed E-state index contributed by atoms with van der Waals surface area (Å²) in [4.78, 5) is -3.27. The van der Waals surface area contributed by atoms with Crippen molar-refractivity contribution < 1.29 is 18.6 Å². The molecular weight excluding hydrogens is 222 g/mol. The molecular formula is C6H11BrF2O2. The van der Waals surface area contributed by atoms with E-state index in [-0.39, 0.29) is 13.0 Å². The number of hydrogen-bond donors (Lipinski definition) is 1. The van der Waals surface area contributed by atoms with Gasteiger partial charge in [-0.15, -0.1) is 0 Å². The van der Waals surface area contributed by atoms with E-state index >= 15 is 0 Å². The molecule has 0 aromatic rings. The highest BCUT2D eigenvalue weighted by molar-refractivity contribution is 9.10. The zero-order valence-electron chi connectivity index (χ0n) is 6.40. The molecule has 0 spiro atoms. The van der Waals surface area contributed by atoms with Crippen LogP contribution in [0.3, 0.4) is 0 Å². The van der Waals surface area contributed by atoms with Gasteiger partial charge in [-0.3, -0.25) is 0 Å². The first-order valence-electron chi connectivity index (χ1n) is 3.09. The van der Waals surface area contributed by atoms with Crippen molar-refractivity contribution in [1.29, 1.82) is 0 Å². The highest BCUT2D eigenvalue weighted by atomic mass is 79.9. The Morgan fingerprint density at radius 3 is 2.27 bits per heavy atom. The van der Waals surface area contributed by atoms with Crippen molar-refractivity contribution in [2.75, 3.05) is 13.7 Å². The maximum Gasteiger partial charge on any atom is 0.329 e. The first kappa shape index (κ1) is 11.3. The van der Waals surface area contributed by atoms with Crippen molar-refractivity contribution in [2.45, 2.75) is 23.8 Å². The first-order valence-corrected chi connectivity index (χ1v) is 3.88. The van der Waals surface area contributed by atoms with Crippen LogP contribution in [0.5, 0.6) is 0 Å². The van der Waals surface area contributed by atoms with Crippen molar-refractivity contribution in [3.63, 3.8) is 0 Å². The lowest BCUT2D eigenvalue weighted by atomic mass is 10.0. The predicted molar refractivity (Wildman–Crippen MR) is 41.0 cm³/mol. The zero-order valence-corrected chi connectivity index (χ0v) is 7.99. The molecule has 0 fully saturated rings. The van der Waals surface area contributed by atoms with Gasteiger partial charge in [0.05, 0.1) is 0 Å². The fourth-order valence-electron chi connectivity index (χ4n) is 0.443. The van der Waals surface area contributed by atoms with Gasteiger partial charge >= 0.3 is 4.83 Å². The molecule has 5 heteroatoms. The van der Waals surface area contributed by atoms with Crippen LogP contribution in [0, 0.1) is 0 Å². The fraction of sp³-hybridized carbons (Fsp3) is 1.00. The summed E-state index contributed by atoms with van der Waals surface area (Å²) < 4.78 is 29.4. The third-order valence-electron chi connectivity index (χ3n) is 1.40. The Morgan fingerprint density at radius 2 is 2.00 bits per heavy atom.